The minimum Gasteiger partial charge on any atom is -0.489 e. The summed E-state index contributed by atoms with van der Waals surface area (Å²) >= 11 is 12.6. The molecule has 1 heterocycles. The molecule has 2 aromatic carbocycles. The number of nitrogens with zero attached hydrogens (tertiary/aromatic N) is 1. The number of benzene rings is 2. The molecule has 3 aromatic rings. The topological polar surface area (TPSA) is 148 Å². The molecule has 0 saturated heterocycles. The first-order chi connectivity index (χ1) is 20.4. The van der Waals surface area contributed by atoms with Gasteiger partial charge in [0.15, 0.2) is 23.9 Å². The summed E-state index contributed by atoms with van der Waals surface area (Å²) < 4.78 is 69.3. The van der Waals surface area contributed by atoms with Gasteiger partial charge >= 0.3 is 12.6 Å². The molecular formula is C27H26Cl2F2N3O8S+. The first kappa shape index (κ1) is 32.3. The van der Waals surface area contributed by atoms with Gasteiger partial charge in [0.05, 0.1) is 17.3 Å². The van der Waals surface area contributed by atoms with Gasteiger partial charge in [-0.3, -0.25) is 14.9 Å². The van der Waals surface area contributed by atoms with Gasteiger partial charge in [-0.25, -0.2) is 18.1 Å². The second-order valence-corrected chi connectivity index (χ2v) is 12.3. The van der Waals surface area contributed by atoms with Crippen molar-refractivity contribution in [3.8, 4) is 11.5 Å². The summed E-state index contributed by atoms with van der Waals surface area (Å²) in [5.41, 5.74) is 0.802. The molecular weight excluding hydrogens is 635 g/mol. The highest BCUT2D eigenvalue weighted by atomic mass is 35.5. The molecule has 0 amide bonds. The minimum absolute atomic E-state index is 0.0214. The van der Waals surface area contributed by atoms with Gasteiger partial charge < -0.3 is 14.2 Å². The number of nitrogens with one attached hydrogen (secondary N) is 2. The highest BCUT2D eigenvalue weighted by Gasteiger charge is 2.26. The van der Waals surface area contributed by atoms with Gasteiger partial charge in [-0.15, -0.1) is 0 Å². The number of H-pyrrole nitrogens is 1. The highest BCUT2D eigenvalue weighted by molar-refractivity contribution is 7.88. The van der Waals surface area contributed by atoms with Crippen LogP contribution in [0.3, 0.4) is 0 Å². The number of aromatic nitrogens is 1. The molecule has 43 heavy (non-hydrogen) atoms. The van der Waals surface area contributed by atoms with Crippen LogP contribution in [0.15, 0.2) is 54.9 Å². The Kier molecular flexibility index (Phi) is 10.7. The second-order valence-electron chi connectivity index (χ2n) is 9.66. The quantitative estimate of drug-likeness (QED) is 0.135. The number of carbonyl (C=O) groups excluding carboxylic acids is 1. The third-order valence-electron chi connectivity index (χ3n) is 6.33. The smallest absolute Gasteiger partial charge is 0.387 e. The lowest BCUT2D eigenvalue weighted by atomic mass is 10.0. The SMILES string of the molecule is O=C(CNS(=O)(=O)Cc1ccc([N+](=O)[O-])cc1)O[C@@H](Cc1c(Cl)c[nH+]cc1Cl)c1ccc(OC(F)F)c(OCC2CC2)c1. The molecule has 0 aliphatic heterocycles. The summed E-state index contributed by atoms with van der Waals surface area (Å²) in [5.74, 6) is -1.38. The predicted octanol–water partition coefficient (Wildman–Crippen LogP) is 5.05. The lowest BCUT2D eigenvalue weighted by Crippen LogP contribution is -2.32. The number of nitro groups is 1. The number of hydrogen-bond acceptors (Lipinski definition) is 8. The molecule has 0 spiro atoms. The summed E-state index contributed by atoms with van der Waals surface area (Å²) in [7, 11) is -4.04. The summed E-state index contributed by atoms with van der Waals surface area (Å²) in [6.07, 6.45) is 3.70. The standard InChI is InChI=1S/C27H25Cl2F2N3O8S/c28-21-11-32-12-22(29)20(21)10-24(18-5-8-23(42-27(30)31)25(9-18)40-14-16-1-2-16)41-26(35)13-33-43(38,39)15-17-3-6-19(7-4-17)34(36)37/h3-9,11-12,16,24,27,33H,1-2,10,13-15H2/p+1/t24-/m0/s1. The zero-order valence-corrected chi connectivity index (χ0v) is 24.6. The van der Waals surface area contributed by atoms with Crippen LogP contribution in [-0.4, -0.2) is 39.1 Å². The number of non-ortho nitro benzene ring substituents is 1. The van der Waals surface area contributed by atoms with E-state index in [9.17, 15) is 32.1 Å². The molecule has 230 valence electrons. The Hall–Kier alpha value is -3.59. The van der Waals surface area contributed by atoms with Crippen molar-refractivity contribution in [2.45, 2.75) is 37.7 Å². The van der Waals surface area contributed by atoms with E-state index in [-0.39, 0.29) is 45.8 Å². The summed E-state index contributed by atoms with van der Waals surface area (Å²) in [4.78, 5) is 25.9. The maximum Gasteiger partial charge on any atom is 0.387 e. The van der Waals surface area contributed by atoms with Crippen LogP contribution < -0.4 is 19.2 Å². The molecule has 1 aromatic heterocycles. The molecule has 1 aliphatic carbocycles. The Labute approximate surface area is 255 Å². The fraction of sp³-hybridized carbons (Fsp3) is 0.333. The molecule has 16 heteroatoms. The van der Waals surface area contributed by atoms with Crippen molar-refractivity contribution in [2.24, 2.45) is 5.92 Å². The maximum atomic E-state index is 13.0. The van der Waals surface area contributed by atoms with Crippen molar-refractivity contribution < 1.29 is 46.1 Å². The monoisotopic (exact) mass is 660 g/mol. The number of rotatable bonds is 15. The Balaban J connectivity index is 1.52. The highest BCUT2D eigenvalue weighted by Crippen LogP contribution is 2.37. The summed E-state index contributed by atoms with van der Waals surface area (Å²) in [5, 5.41) is 11.3. The first-order valence-electron chi connectivity index (χ1n) is 12.9. The number of alkyl halides is 2. The van der Waals surface area contributed by atoms with Crippen LogP contribution in [-0.2, 0) is 31.7 Å². The Morgan fingerprint density at radius 1 is 1.09 bits per heavy atom. The van der Waals surface area contributed by atoms with Crippen LogP contribution >= 0.6 is 23.2 Å². The van der Waals surface area contributed by atoms with Gasteiger partial charge in [-0.2, -0.15) is 8.78 Å². The number of pyridine rings is 1. The van der Waals surface area contributed by atoms with E-state index in [0.717, 1.165) is 12.8 Å². The lowest BCUT2D eigenvalue weighted by Gasteiger charge is -2.21. The van der Waals surface area contributed by atoms with E-state index in [2.05, 4.69) is 14.4 Å². The zero-order chi connectivity index (χ0) is 31.1. The molecule has 0 bridgehead atoms. The van der Waals surface area contributed by atoms with Crippen molar-refractivity contribution in [1.29, 1.82) is 0 Å². The molecule has 1 saturated carbocycles. The fourth-order valence-electron chi connectivity index (χ4n) is 3.96. The average Bonchev–Trinajstić information content (AvgIpc) is 3.77. The van der Waals surface area contributed by atoms with Gasteiger partial charge in [0, 0.05) is 24.1 Å². The van der Waals surface area contributed by atoms with E-state index in [1.54, 1.807) is 0 Å². The molecule has 1 atom stereocenters. The van der Waals surface area contributed by atoms with Crippen LogP contribution in [0.4, 0.5) is 14.5 Å². The van der Waals surface area contributed by atoms with Gasteiger partial charge in [0.2, 0.25) is 10.0 Å². The number of ether oxygens (including phenoxy) is 3. The van der Waals surface area contributed by atoms with E-state index in [1.165, 1.54) is 54.9 Å². The minimum atomic E-state index is -4.04. The Morgan fingerprint density at radius 2 is 1.77 bits per heavy atom. The number of aromatic amines is 1. The number of sulfonamides is 1. The molecule has 1 aliphatic rings. The summed E-state index contributed by atoms with van der Waals surface area (Å²) in [6.45, 7) is -3.55. The van der Waals surface area contributed by atoms with Crippen molar-refractivity contribution >= 4 is 44.9 Å². The fourth-order valence-corrected chi connectivity index (χ4v) is 5.56. The Morgan fingerprint density at radius 3 is 2.37 bits per heavy atom. The van der Waals surface area contributed by atoms with Crippen molar-refractivity contribution in [1.82, 2.24) is 4.72 Å². The molecule has 0 radical (unpaired) electrons. The van der Waals surface area contributed by atoms with Gasteiger partial charge in [0.1, 0.15) is 22.7 Å². The van der Waals surface area contributed by atoms with Crippen LogP contribution in [0.25, 0.3) is 0 Å². The number of esters is 1. The summed E-state index contributed by atoms with van der Waals surface area (Å²) in [6, 6.07) is 9.01. The second kappa shape index (κ2) is 14.3. The van der Waals surface area contributed by atoms with Gasteiger partial charge in [-0.05, 0) is 42.0 Å². The third-order valence-corrected chi connectivity index (χ3v) is 8.30. The van der Waals surface area contributed by atoms with Crippen LogP contribution in [0.5, 0.6) is 11.5 Å². The molecule has 2 N–H and O–H groups in total. The predicted molar refractivity (Wildman–Crippen MR) is 151 cm³/mol. The van der Waals surface area contributed by atoms with Gasteiger partial charge in [0.25, 0.3) is 5.69 Å². The molecule has 1 fully saturated rings. The van der Waals surface area contributed by atoms with E-state index < -0.39 is 45.9 Å². The van der Waals surface area contributed by atoms with Crippen molar-refractivity contribution in [3.63, 3.8) is 0 Å². The third kappa shape index (κ3) is 9.71. The number of nitro benzene ring substituents is 1. The maximum absolute atomic E-state index is 13.0. The van der Waals surface area contributed by atoms with Crippen molar-refractivity contribution in [3.05, 3.63) is 91.7 Å². The molecule has 11 nitrogen and oxygen atoms in total. The van der Waals surface area contributed by atoms with E-state index in [1.807, 2.05) is 0 Å². The number of carbonyl (C=O) groups is 1. The lowest BCUT2D eigenvalue weighted by molar-refractivity contribution is -0.384. The van der Waals surface area contributed by atoms with E-state index in [0.29, 0.717) is 17.0 Å². The first-order valence-corrected chi connectivity index (χ1v) is 15.3. The zero-order valence-electron chi connectivity index (χ0n) is 22.3. The number of hydrogen-bond donors (Lipinski definition) is 1. The molecule has 0 unspecified atom stereocenters. The van der Waals surface area contributed by atoms with E-state index in [4.69, 9.17) is 32.7 Å². The van der Waals surface area contributed by atoms with Crippen LogP contribution in [0.1, 0.15) is 35.6 Å². The van der Waals surface area contributed by atoms with Crippen LogP contribution in [0.2, 0.25) is 10.0 Å². The van der Waals surface area contributed by atoms with Crippen molar-refractivity contribution in [2.75, 3.05) is 13.2 Å². The largest absolute Gasteiger partial charge is 0.489 e. The number of halogens is 4. The van der Waals surface area contributed by atoms with E-state index >= 15 is 0 Å². The average molecular weight is 661 g/mol. The van der Waals surface area contributed by atoms with Crippen LogP contribution in [0, 0.1) is 16.0 Å². The van der Waals surface area contributed by atoms with Gasteiger partial charge in [-0.1, -0.05) is 41.4 Å². The molecule has 4 rings (SSSR count). The normalized spacial score (nSPS) is 13.9. The Bertz CT molecular complexity index is 1550.